The van der Waals surface area contributed by atoms with Crippen molar-refractivity contribution >= 4 is 17.9 Å². The smallest absolute Gasteiger partial charge is 0.306 e. The Morgan fingerprint density at radius 2 is 0.507 bits per heavy atom. The molecule has 0 rings (SSSR count). The third kappa shape index (κ3) is 59.0. The number of allylic oxidation sites excluding steroid dienone is 32. The SMILES string of the molecule is CC/C=C\C/C=C\C/C=C\C/C=C\C/C=C\C/C=C\C/C=C\C/C=C\CCCCCCCCC(=O)OCC(COC(=O)CC/C=C\C/C=C\C/C=C\C/C=C\CC)OC(=O)CC/C=C\C/C=C\C/C=C\C/C=C\CC. The second-order valence-corrected chi connectivity index (χ2v) is 18.0. The van der Waals surface area contributed by atoms with Crippen molar-refractivity contribution in [2.45, 2.75) is 207 Å². The molecule has 0 bridgehead atoms. The quantitative estimate of drug-likeness (QED) is 0.0261. The molecule has 1 unspecified atom stereocenters. The number of hydrogen-bond acceptors (Lipinski definition) is 6. The van der Waals surface area contributed by atoms with Crippen molar-refractivity contribution in [3.05, 3.63) is 194 Å². The maximum absolute atomic E-state index is 12.8. The van der Waals surface area contributed by atoms with E-state index in [1.165, 1.54) is 12.8 Å². The summed E-state index contributed by atoms with van der Waals surface area (Å²) < 4.78 is 16.7. The van der Waals surface area contributed by atoms with Gasteiger partial charge in [0.2, 0.25) is 0 Å². The molecule has 0 aliphatic rings. The topological polar surface area (TPSA) is 78.9 Å². The average molecular weight is 1030 g/mol. The van der Waals surface area contributed by atoms with E-state index in [-0.39, 0.29) is 38.0 Å². The highest BCUT2D eigenvalue weighted by Gasteiger charge is 2.19. The van der Waals surface area contributed by atoms with Crippen molar-refractivity contribution in [1.82, 2.24) is 0 Å². The van der Waals surface area contributed by atoms with Crippen molar-refractivity contribution < 1.29 is 28.6 Å². The highest BCUT2D eigenvalue weighted by atomic mass is 16.6. The van der Waals surface area contributed by atoms with Crippen molar-refractivity contribution in [2.24, 2.45) is 0 Å². The van der Waals surface area contributed by atoms with Crippen LogP contribution in [0.25, 0.3) is 0 Å². The van der Waals surface area contributed by atoms with Gasteiger partial charge >= 0.3 is 17.9 Å². The van der Waals surface area contributed by atoms with E-state index in [0.717, 1.165) is 135 Å². The summed E-state index contributed by atoms with van der Waals surface area (Å²) in [6.45, 7) is 6.12. The fourth-order valence-corrected chi connectivity index (χ4v) is 6.89. The van der Waals surface area contributed by atoms with Crippen LogP contribution in [0.2, 0.25) is 0 Å². The monoisotopic (exact) mass is 1030 g/mol. The predicted octanol–water partition coefficient (Wildman–Crippen LogP) is 19.9. The largest absolute Gasteiger partial charge is 0.462 e. The first-order chi connectivity index (χ1) is 37.0. The number of rotatable bonds is 49. The van der Waals surface area contributed by atoms with E-state index in [1.54, 1.807) is 0 Å². The minimum Gasteiger partial charge on any atom is -0.462 e. The highest BCUT2D eigenvalue weighted by Crippen LogP contribution is 2.11. The Morgan fingerprint density at radius 3 is 0.827 bits per heavy atom. The fraction of sp³-hybridized carbons (Fsp3) is 0.493. The van der Waals surface area contributed by atoms with Gasteiger partial charge in [0.1, 0.15) is 13.2 Å². The Bertz CT molecular complexity index is 1850. The summed E-state index contributed by atoms with van der Waals surface area (Å²) in [5.41, 5.74) is 0. The van der Waals surface area contributed by atoms with E-state index < -0.39 is 12.1 Å². The summed E-state index contributed by atoms with van der Waals surface area (Å²) in [5.74, 6) is -1.14. The summed E-state index contributed by atoms with van der Waals surface area (Å²) in [5, 5.41) is 0. The molecule has 75 heavy (non-hydrogen) atoms. The molecule has 0 fully saturated rings. The molecular weight excluding hydrogens is 925 g/mol. The molecule has 0 aromatic carbocycles. The van der Waals surface area contributed by atoms with Gasteiger partial charge in [-0.15, -0.1) is 0 Å². The van der Waals surface area contributed by atoms with Gasteiger partial charge in [0.25, 0.3) is 0 Å². The van der Waals surface area contributed by atoms with Crippen LogP contribution in [0.5, 0.6) is 0 Å². The summed E-state index contributed by atoms with van der Waals surface area (Å²) in [6.07, 6.45) is 93.2. The van der Waals surface area contributed by atoms with E-state index in [9.17, 15) is 14.4 Å². The first kappa shape index (κ1) is 69.2. The van der Waals surface area contributed by atoms with Gasteiger partial charge in [-0.3, -0.25) is 14.4 Å². The van der Waals surface area contributed by atoms with Crippen molar-refractivity contribution in [3.8, 4) is 0 Å². The maximum atomic E-state index is 12.8. The number of hydrogen-bond donors (Lipinski definition) is 0. The number of carbonyl (C=O) groups excluding carboxylic acids is 3. The maximum Gasteiger partial charge on any atom is 0.306 e. The zero-order valence-electron chi connectivity index (χ0n) is 47.2. The highest BCUT2D eigenvalue weighted by molar-refractivity contribution is 5.71. The zero-order chi connectivity index (χ0) is 54.3. The minimum atomic E-state index is -0.862. The molecule has 6 heteroatoms. The van der Waals surface area contributed by atoms with E-state index >= 15 is 0 Å². The van der Waals surface area contributed by atoms with Gasteiger partial charge in [0.15, 0.2) is 6.10 Å². The van der Waals surface area contributed by atoms with Crippen LogP contribution in [0.3, 0.4) is 0 Å². The lowest BCUT2D eigenvalue weighted by molar-refractivity contribution is -0.166. The van der Waals surface area contributed by atoms with Crippen LogP contribution >= 0.6 is 0 Å². The summed E-state index contributed by atoms with van der Waals surface area (Å²) >= 11 is 0. The Morgan fingerprint density at radius 1 is 0.267 bits per heavy atom. The molecule has 0 aromatic heterocycles. The molecule has 0 spiro atoms. The van der Waals surface area contributed by atoms with E-state index in [4.69, 9.17) is 14.2 Å². The molecule has 0 aromatic rings. The van der Waals surface area contributed by atoms with Gasteiger partial charge in [0.05, 0.1) is 0 Å². The van der Waals surface area contributed by atoms with Crippen LogP contribution in [-0.4, -0.2) is 37.2 Å². The van der Waals surface area contributed by atoms with Gasteiger partial charge < -0.3 is 14.2 Å². The Labute approximate surface area is 458 Å². The summed E-state index contributed by atoms with van der Waals surface area (Å²) in [4.78, 5) is 38.0. The summed E-state index contributed by atoms with van der Waals surface area (Å²) in [6, 6.07) is 0. The third-order valence-corrected chi connectivity index (χ3v) is 11.1. The second-order valence-electron chi connectivity index (χ2n) is 18.0. The second kappa shape index (κ2) is 60.8. The number of esters is 3. The number of ether oxygens (including phenoxy) is 3. The van der Waals surface area contributed by atoms with Gasteiger partial charge in [-0.2, -0.15) is 0 Å². The van der Waals surface area contributed by atoms with Crippen LogP contribution in [-0.2, 0) is 28.6 Å². The number of carbonyl (C=O) groups is 3. The minimum absolute atomic E-state index is 0.147. The third-order valence-electron chi connectivity index (χ3n) is 11.1. The molecule has 0 amide bonds. The molecule has 0 saturated heterocycles. The molecule has 0 aliphatic carbocycles. The van der Waals surface area contributed by atoms with Crippen LogP contribution in [0, 0.1) is 0 Å². The van der Waals surface area contributed by atoms with E-state index in [0.29, 0.717) is 19.3 Å². The molecule has 0 saturated carbocycles. The van der Waals surface area contributed by atoms with Crippen molar-refractivity contribution in [1.29, 1.82) is 0 Å². The molecular formula is C69H102O6. The van der Waals surface area contributed by atoms with Crippen molar-refractivity contribution in [3.63, 3.8) is 0 Å². The molecule has 1 atom stereocenters. The summed E-state index contributed by atoms with van der Waals surface area (Å²) in [7, 11) is 0. The number of unbranched alkanes of at least 4 members (excludes halogenated alkanes) is 6. The van der Waals surface area contributed by atoms with Crippen molar-refractivity contribution in [2.75, 3.05) is 13.2 Å². The van der Waals surface area contributed by atoms with Gasteiger partial charge in [-0.1, -0.05) is 241 Å². The Hall–Kier alpha value is -5.75. The molecule has 414 valence electrons. The standard InChI is InChI=1S/C69H102O6/c1-4-7-10-13-16-19-22-25-26-27-28-29-30-31-32-33-34-35-36-37-38-39-40-41-42-45-47-50-53-56-59-62-68(71)74-65-66(75-69(72)63-60-57-54-51-48-44-24-21-18-15-12-9-6-3)64-73-67(70)61-58-55-52-49-46-43-23-20-17-14-11-8-5-2/h7-12,16-21,25-26,28-29,31-32,34-35,37-38,40-41,43-44,46,48,52,54-55,57,66H,4-6,13-15,22-24,27,30,33,36,39,42,45,47,49-51,53,56,58-65H2,1-3H3/b10-7-,11-8-,12-9-,19-16-,20-17-,21-18-,26-25-,29-28-,32-31-,35-34-,38-37-,41-40-,46-43-,48-44-,55-52-,57-54-. The molecule has 0 aliphatic heterocycles. The molecule has 0 heterocycles. The van der Waals surface area contributed by atoms with Gasteiger partial charge in [-0.25, -0.2) is 0 Å². The van der Waals surface area contributed by atoms with Crippen LogP contribution in [0.1, 0.15) is 201 Å². The average Bonchev–Trinajstić information content (AvgIpc) is 3.41. The van der Waals surface area contributed by atoms with Crippen LogP contribution in [0.4, 0.5) is 0 Å². The van der Waals surface area contributed by atoms with E-state index in [1.807, 2.05) is 24.3 Å². The molecule has 6 nitrogen and oxygen atoms in total. The Balaban J connectivity index is 4.42. The lowest BCUT2D eigenvalue weighted by Gasteiger charge is -2.18. The van der Waals surface area contributed by atoms with Gasteiger partial charge in [0, 0.05) is 19.3 Å². The molecule has 0 N–H and O–H groups in total. The van der Waals surface area contributed by atoms with Gasteiger partial charge in [-0.05, 0) is 135 Å². The van der Waals surface area contributed by atoms with Crippen LogP contribution in [0.15, 0.2) is 194 Å². The zero-order valence-corrected chi connectivity index (χ0v) is 47.2. The normalized spacial score (nSPS) is 13.6. The fourth-order valence-electron chi connectivity index (χ4n) is 6.89. The predicted molar refractivity (Wildman–Crippen MR) is 324 cm³/mol. The first-order valence-electron chi connectivity index (χ1n) is 28.9. The van der Waals surface area contributed by atoms with Crippen LogP contribution < -0.4 is 0 Å². The van der Waals surface area contributed by atoms with E-state index in [2.05, 4.69) is 191 Å². The first-order valence-corrected chi connectivity index (χ1v) is 28.9. The lowest BCUT2D eigenvalue weighted by atomic mass is 10.1. The lowest BCUT2D eigenvalue weighted by Crippen LogP contribution is -2.30. The molecule has 0 radical (unpaired) electrons. The Kier molecular flexibility index (Phi) is 56.1.